The summed E-state index contributed by atoms with van der Waals surface area (Å²) in [5, 5.41) is 3.27. The van der Waals surface area contributed by atoms with E-state index in [0.717, 1.165) is 37.8 Å². The molecule has 1 aliphatic heterocycles. The fraction of sp³-hybridized carbons (Fsp3) is 0.412. The van der Waals surface area contributed by atoms with Gasteiger partial charge in [-0.25, -0.2) is 0 Å². The molecule has 1 heterocycles. The highest BCUT2D eigenvalue weighted by Gasteiger charge is 2.36. The lowest BCUT2D eigenvalue weighted by Gasteiger charge is -2.29. The average molecular weight is 354 g/mol. The standard InChI is InChI=1S/C17H17F3N2OS/c18-17(19,20)12-8-6-11(7-9-12)10-14-15(23)22(16(24)21-14)13-4-2-1-3-5-13/h6-10,13H,1-5H2,(H,21,24)/b14-10+. The third-order valence-corrected chi connectivity index (χ3v) is 4.70. The van der Waals surface area contributed by atoms with Crippen LogP contribution in [0.5, 0.6) is 0 Å². The molecule has 1 aromatic rings. The maximum Gasteiger partial charge on any atom is 0.416 e. The Morgan fingerprint density at radius 1 is 1.12 bits per heavy atom. The summed E-state index contributed by atoms with van der Waals surface area (Å²) in [4.78, 5) is 14.2. The molecule has 0 unspecified atom stereocenters. The number of rotatable bonds is 2. The molecule has 1 N–H and O–H groups in total. The van der Waals surface area contributed by atoms with Crippen molar-refractivity contribution in [3.8, 4) is 0 Å². The summed E-state index contributed by atoms with van der Waals surface area (Å²) in [6, 6.07) is 4.81. The maximum atomic E-state index is 12.6. The molecule has 1 saturated carbocycles. The van der Waals surface area contributed by atoms with Gasteiger partial charge in [0.25, 0.3) is 5.91 Å². The lowest BCUT2D eigenvalue weighted by Crippen LogP contribution is -2.41. The number of benzene rings is 1. The number of amides is 1. The molecule has 1 aromatic carbocycles. The van der Waals surface area contributed by atoms with Crippen molar-refractivity contribution in [3.05, 3.63) is 41.1 Å². The number of thiocarbonyl (C=S) groups is 1. The van der Waals surface area contributed by atoms with Gasteiger partial charge in [0.15, 0.2) is 5.11 Å². The fourth-order valence-corrected chi connectivity index (χ4v) is 3.50. The summed E-state index contributed by atoms with van der Waals surface area (Å²) < 4.78 is 37.8. The Hall–Kier alpha value is -1.89. The van der Waals surface area contributed by atoms with Gasteiger partial charge in [0.05, 0.1) is 5.56 Å². The Kier molecular flexibility index (Phi) is 4.62. The van der Waals surface area contributed by atoms with Crippen molar-refractivity contribution >= 4 is 29.3 Å². The van der Waals surface area contributed by atoms with Crippen LogP contribution in [0.2, 0.25) is 0 Å². The summed E-state index contributed by atoms with van der Waals surface area (Å²) >= 11 is 5.27. The summed E-state index contributed by atoms with van der Waals surface area (Å²) in [5.41, 5.74) is 0.118. The molecule has 1 saturated heterocycles. The number of hydrogen-bond donors (Lipinski definition) is 1. The lowest BCUT2D eigenvalue weighted by atomic mass is 9.94. The minimum atomic E-state index is -4.37. The van der Waals surface area contributed by atoms with E-state index in [9.17, 15) is 18.0 Å². The second kappa shape index (κ2) is 6.55. The minimum absolute atomic E-state index is 0.116. The van der Waals surface area contributed by atoms with Crippen LogP contribution in [-0.2, 0) is 11.0 Å². The molecule has 0 atom stereocenters. The predicted molar refractivity (Wildman–Crippen MR) is 88.9 cm³/mol. The molecule has 0 spiro atoms. The van der Waals surface area contributed by atoms with E-state index in [0.29, 0.717) is 16.4 Å². The zero-order valence-electron chi connectivity index (χ0n) is 12.9. The summed E-state index contributed by atoms with van der Waals surface area (Å²) in [6.45, 7) is 0. The van der Waals surface area contributed by atoms with Crippen molar-refractivity contribution in [2.24, 2.45) is 0 Å². The van der Waals surface area contributed by atoms with Gasteiger partial charge in [-0.15, -0.1) is 0 Å². The van der Waals surface area contributed by atoms with E-state index in [-0.39, 0.29) is 11.9 Å². The second-order valence-corrected chi connectivity index (χ2v) is 6.46. The Morgan fingerprint density at radius 2 is 1.75 bits per heavy atom. The van der Waals surface area contributed by atoms with E-state index in [1.165, 1.54) is 24.6 Å². The molecule has 0 radical (unpaired) electrons. The van der Waals surface area contributed by atoms with Crippen molar-refractivity contribution < 1.29 is 18.0 Å². The van der Waals surface area contributed by atoms with Gasteiger partial charge >= 0.3 is 6.18 Å². The Labute approximate surface area is 143 Å². The minimum Gasteiger partial charge on any atom is -0.328 e. The van der Waals surface area contributed by atoms with Crippen LogP contribution in [-0.4, -0.2) is 22.0 Å². The fourth-order valence-electron chi connectivity index (χ4n) is 3.15. The SMILES string of the molecule is O=C1/C(=C\c2ccc(C(F)(F)F)cc2)NC(=S)N1C1CCCCC1. The number of halogens is 3. The van der Waals surface area contributed by atoms with E-state index >= 15 is 0 Å². The normalized spacial score (nSPS) is 21.5. The molecule has 3 rings (SSSR count). The molecule has 7 heteroatoms. The number of hydrogen-bond acceptors (Lipinski definition) is 2. The van der Waals surface area contributed by atoms with Crippen LogP contribution >= 0.6 is 12.2 Å². The molecule has 3 nitrogen and oxygen atoms in total. The van der Waals surface area contributed by atoms with Crippen LogP contribution in [0, 0.1) is 0 Å². The topological polar surface area (TPSA) is 32.3 Å². The van der Waals surface area contributed by atoms with Gasteiger partial charge in [-0.3, -0.25) is 9.69 Å². The third kappa shape index (κ3) is 3.45. The van der Waals surface area contributed by atoms with Crippen molar-refractivity contribution in [2.45, 2.75) is 44.3 Å². The summed E-state index contributed by atoms with van der Waals surface area (Å²) in [5.74, 6) is -0.202. The molecule has 2 aliphatic rings. The van der Waals surface area contributed by atoms with Crippen molar-refractivity contribution in [1.29, 1.82) is 0 Å². The van der Waals surface area contributed by atoms with Gasteiger partial charge in [0.1, 0.15) is 5.70 Å². The number of nitrogens with one attached hydrogen (secondary N) is 1. The van der Waals surface area contributed by atoms with Gasteiger partial charge in [0, 0.05) is 6.04 Å². The van der Waals surface area contributed by atoms with Gasteiger partial charge in [-0.05, 0) is 48.8 Å². The zero-order valence-corrected chi connectivity index (χ0v) is 13.7. The first kappa shape index (κ1) is 17.0. The van der Waals surface area contributed by atoms with Crippen molar-refractivity contribution in [3.63, 3.8) is 0 Å². The van der Waals surface area contributed by atoms with Crippen LogP contribution in [0.1, 0.15) is 43.2 Å². The highest BCUT2D eigenvalue weighted by molar-refractivity contribution is 7.80. The van der Waals surface area contributed by atoms with E-state index in [1.807, 2.05) is 0 Å². The zero-order chi connectivity index (χ0) is 17.3. The van der Waals surface area contributed by atoms with Crippen LogP contribution < -0.4 is 5.32 Å². The van der Waals surface area contributed by atoms with Crippen LogP contribution in [0.3, 0.4) is 0 Å². The summed E-state index contributed by atoms with van der Waals surface area (Å²) in [7, 11) is 0. The highest BCUT2D eigenvalue weighted by atomic mass is 32.1. The number of alkyl halides is 3. The van der Waals surface area contributed by atoms with Crippen LogP contribution in [0.15, 0.2) is 30.0 Å². The van der Waals surface area contributed by atoms with Gasteiger partial charge in [0.2, 0.25) is 0 Å². The molecule has 1 aliphatic carbocycles. The maximum absolute atomic E-state index is 12.6. The van der Waals surface area contributed by atoms with E-state index in [4.69, 9.17) is 12.2 Å². The predicted octanol–water partition coefficient (Wildman–Crippen LogP) is 4.10. The molecule has 128 valence electrons. The van der Waals surface area contributed by atoms with Crippen molar-refractivity contribution in [2.75, 3.05) is 0 Å². The van der Waals surface area contributed by atoms with E-state index in [2.05, 4.69) is 5.32 Å². The smallest absolute Gasteiger partial charge is 0.328 e. The van der Waals surface area contributed by atoms with Crippen LogP contribution in [0.4, 0.5) is 13.2 Å². The van der Waals surface area contributed by atoms with Gasteiger partial charge in [-0.1, -0.05) is 31.4 Å². The van der Waals surface area contributed by atoms with Gasteiger partial charge < -0.3 is 5.32 Å². The molecular weight excluding hydrogens is 337 g/mol. The van der Waals surface area contributed by atoms with Gasteiger partial charge in [-0.2, -0.15) is 13.2 Å². The van der Waals surface area contributed by atoms with Crippen LogP contribution in [0.25, 0.3) is 6.08 Å². The first-order valence-electron chi connectivity index (χ1n) is 7.90. The molecule has 24 heavy (non-hydrogen) atoms. The van der Waals surface area contributed by atoms with E-state index in [1.54, 1.807) is 4.90 Å². The Bertz CT molecular complexity index is 676. The second-order valence-electron chi connectivity index (χ2n) is 6.07. The average Bonchev–Trinajstić information content (AvgIpc) is 2.82. The lowest BCUT2D eigenvalue weighted by molar-refractivity contribution is -0.137. The Morgan fingerprint density at radius 3 is 2.33 bits per heavy atom. The molecule has 2 fully saturated rings. The molecule has 0 bridgehead atoms. The first-order valence-corrected chi connectivity index (χ1v) is 8.30. The molecular formula is C17H17F3N2OS. The number of nitrogens with zero attached hydrogens (tertiary/aromatic N) is 1. The van der Waals surface area contributed by atoms with Crippen molar-refractivity contribution in [1.82, 2.24) is 10.2 Å². The summed E-state index contributed by atoms with van der Waals surface area (Å²) in [6.07, 6.45) is 2.36. The largest absolute Gasteiger partial charge is 0.416 e. The Balaban J connectivity index is 1.78. The molecule has 0 aromatic heterocycles. The first-order chi connectivity index (χ1) is 11.4. The number of carbonyl (C=O) groups is 1. The quantitative estimate of drug-likeness (QED) is 0.641. The highest BCUT2D eigenvalue weighted by Crippen LogP contribution is 2.30. The number of carbonyl (C=O) groups excluding carboxylic acids is 1. The van der Waals surface area contributed by atoms with E-state index < -0.39 is 11.7 Å². The third-order valence-electron chi connectivity index (χ3n) is 4.40. The molecule has 1 amide bonds. The monoisotopic (exact) mass is 354 g/mol.